The topological polar surface area (TPSA) is 30.0 Å². The van der Waals surface area contributed by atoms with Gasteiger partial charge in [-0.2, -0.15) is 0 Å². The van der Waals surface area contributed by atoms with Gasteiger partial charge in [0.25, 0.3) is 0 Å². The number of hydrogen-bond donors (Lipinski definition) is 0. The van der Waals surface area contributed by atoms with Crippen LogP contribution in [0.15, 0.2) is 12.3 Å². The molecule has 1 rings (SSSR count). The average molecular weight is 133 g/mol. The van der Waals surface area contributed by atoms with Gasteiger partial charge in [0.05, 0.1) is 11.9 Å². The molecule has 0 N–H and O–H groups in total. The molecule has 1 heterocycles. The first-order valence-electron chi connectivity index (χ1n) is 3.01. The van der Waals surface area contributed by atoms with E-state index in [9.17, 15) is 4.79 Å². The second kappa shape index (κ2) is 2.98. The third-order valence-corrected chi connectivity index (χ3v) is 1.05. The summed E-state index contributed by atoms with van der Waals surface area (Å²) in [5, 5.41) is 0. The summed E-state index contributed by atoms with van der Waals surface area (Å²) in [5.74, 6) is 0.118. The molecule has 0 radical (unpaired) electrons. The fourth-order valence-corrected chi connectivity index (χ4v) is 0.666. The van der Waals surface area contributed by atoms with Gasteiger partial charge in [-0.3, -0.25) is 9.78 Å². The zero-order chi connectivity index (χ0) is 7.40. The Labute approximate surface area is 59.9 Å². The molecule has 0 aromatic carbocycles. The van der Waals surface area contributed by atoms with Gasteiger partial charge in [-0.1, -0.05) is 12.1 Å². The second-order valence-electron chi connectivity index (χ2n) is 2.06. The highest BCUT2D eigenvalue weighted by Crippen LogP contribution is 1.90. The standard InChI is InChI=1S/C8H7NO/c1-7(10)6-8-4-2-3-5-9-8/h4-5H,6H2,1H3. The Balaban J connectivity index is 2.67. The smallest absolute Gasteiger partial charge is 0.135 e. The number of rotatable bonds is 2. The van der Waals surface area contributed by atoms with Gasteiger partial charge >= 0.3 is 0 Å². The summed E-state index contributed by atoms with van der Waals surface area (Å²) in [5.41, 5.74) is 0.756. The molecule has 2 nitrogen and oxygen atoms in total. The molecule has 0 saturated heterocycles. The van der Waals surface area contributed by atoms with Crippen LogP contribution in [-0.4, -0.2) is 10.8 Å². The number of nitrogens with zero attached hydrogens (tertiary/aromatic N) is 1. The van der Waals surface area contributed by atoms with Crippen molar-refractivity contribution in [3.63, 3.8) is 0 Å². The van der Waals surface area contributed by atoms with E-state index >= 15 is 0 Å². The van der Waals surface area contributed by atoms with E-state index in [-0.39, 0.29) is 5.78 Å². The molecule has 10 heavy (non-hydrogen) atoms. The number of ketones is 1. The lowest BCUT2D eigenvalue weighted by atomic mass is 10.2. The highest BCUT2D eigenvalue weighted by Gasteiger charge is 1.95. The average Bonchev–Trinajstić information content (AvgIpc) is 1.88. The normalized spacial score (nSPS) is 8.50. The lowest BCUT2D eigenvalue weighted by Crippen LogP contribution is -1.97. The Morgan fingerprint density at radius 3 is 3.00 bits per heavy atom. The first-order chi connectivity index (χ1) is 4.79. The number of hydrogen-bond acceptors (Lipinski definition) is 2. The third-order valence-electron chi connectivity index (χ3n) is 1.05. The quantitative estimate of drug-likeness (QED) is 0.597. The number of aromatic nitrogens is 1. The summed E-state index contributed by atoms with van der Waals surface area (Å²) in [4.78, 5) is 14.5. The Bertz CT molecular complexity index is 218. The van der Waals surface area contributed by atoms with Crippen LogP contribution in [0.5, 0.6) is 0 Å². The fourth-order valence-electron chi connectivity index (χ4n) is 0.666. The molecule has 0 amide bonds. The molecule has 0 bridgehead atoms. The van der Waals surface area contributed by atoms with Gasteiger partial charge in [-0.15, -0.1) is 0 Å². The van der Waals surface area contributed by atoms with E-state index in [2.05, 4.69) is 17.1 Å². The van der Waals surface area contributed by atoms with E-state index in [0.717, 1.165) is 5.69 Å². The van der Waals surface area contributed by atoms with E-state index in [4.69, 9.17) is 0 Å². The fraction of sp³-hybridized carbons (Fsp3) is 0.250. The first kappa shape index (κ1) is 6.76. The Morgan fingerprint density at radius 2 is 2.50 bits per heavy atom. The largest absolute Gasteiger partial charge is 0.300 e. The van der Waals surface area contributed by atoms with Gasteiger partial charge in [0.2, 0.25) is 0 Å². The van der Waals surface area contributed by atoms with Crippen molar-refractivity contribution in [2.45, 2.75) is 13.3 Å². The third kappa shape index (κ3) is 1.87. The van der Waals surface area contributed by atoms with Crippen LogP contribution < -0.4 is 0 Å². The maximum absolute atomic E-state index is 10.5. The minimum absolute atomic E-state index is 0.118. The van der Waals surface area contributed by atoms with E-state index in [0.29, 0.717) is 6.42 Å². The van der Waals surface area contributed by atoms with Gasteiger partial charge in [0.15, 0.2) is 0 Å². The van der Waals surface area contributed by atoms with Crippen LogP contribution in [0.4, 0.5) is 0 Å². The molecule has 0 unspecified atom stereocenters. The molecular formula is C8H7NO. The maximum Gasteiger partial charge on any atom is 0.135 e. The van der Waals surface area contributed by atoms with Crippen molar-refractivity contribution in [1.29, 1.82) is 0 Å². The van der Waals surface area contributed by atoms with Crippen molar-refractivity contribution >= 4 is 5.78 Å². The Hall–Kier alpha value is -1.36. The van der Waals surface area contributed by atoms with E-state index in [1.807, 2.05) is 0 Å². The van der Waals surface area contributed by atoms with Crippen LogP contribution in [0.25, 0.3) is 0 Å². The van der Waals surface area contributed by atoms with E-state index in [1.54, 1.807) is 13.0 Å². The molecule has 0 spiro atoms. The molecule has 1 aromatic rings. The Kier molecular flexibility index (Phi) is 2.01. The molecule has 0 atom stereocenters. The minimum Gasteiger partial charge on any atom is -0.300 e. The van der Waals surface area contributed by atoms with Crippen molar-refractivity contribution in [3.8, 4) is 0 Å². The van der Waals surface area contributed by atoms with Crippen LogP contribution >= 0.6 is 0 Å². The van der Waals surface area contributed by atoms with Crippen LogP contribution in [0.3, 0.4) is 0 Å². The van der Waals surface area contributed by atoms with Crippen LogP contribution in [-0.2, 0) is 11.2 Å². The minimum atomic E-state index is 0.118. The zero-order valence-corrected chi connectivity index (χ0v) is 5.72. The molecule has 50 valence electrons. The number of carbonyl (C=O) groups is 1. The van der Waals surface area contributed by atoms with Gasteiger partial charge in [0.1, 0.15) is 5.78 Å². The SMILES string of the molecule is CC(=O)Cc1cc#ccn1. The summed E-state index contributed by atoms with van der Waals surface area (Å²) in [6.07, 6.45) is 1.91. The highest BCUT2D eigenvalue weighted by atomic mass is 16.1. The predicted molar refractivity (Wildman–Crippen MR) is 36.3 cm³/mol. The summed E-state index contributed by atoms with van der Waals surface area (Å²) in [6.45, 7) is 1.54. The molecule has 1 aromatic heterocycles. The van der Waals surface area contributed by atoms with E-state index in [1.165, 1.54) is 6.20 Å². The second-order valence-corrected chi connectivity index (χ2v) is 2.06. The van der Waals surface area contributed by atoms with Crippen LogP contribution in [0, 0.1) is 12.1 Å². The van der Waals surface area contributed by atoms with Crippen LogP contribution in [0.2, 0.25) is 0 Å². The summed E-state index contributed by atoms with van der Waals surface area (Å²) >= 11 is 0. The summed E-state index contributed by atoms with van der Waals surface area (Å²) in [6, 6.07) is 7.05. The van der Waals surface area contributed by atoms with Crippen molar-refractivity contribution in [2.24, 2.45) is 0 Å². The molecular weight excluding hydrogens is 126 g/mol. The number of carbonyl (C=O) groups excluding carboxylic acids is 1. The van der Waals surface area contributed by atoms with E-state index < -0.39 is 0 Å². The molecule has 0 aliphatic heterocycles. The first-order valence-corrected chi connectivity index (χ1v) is 3.01. The lowest BCUT2D eigenvalue weighted by Gasteiger charge is -1.89. The lowest BCUT2D eigenvalue weighted by molar-refractivity contribution is -0.116. The predicted octanol–water partition coefficient (Wildman–Crippen LogP) is 0.813. The maximum atomic E-state index is 10.5. The summed E-state index contributed by atoms with van der Waals surface area (Å²) in [7, 11) is 0. The van der Waals surface area contributed by atoms with Gasteiger partial charge in [-0.25, -0.2) is 0 Å². The van der Waals surface area contributed by atoms with Crippen molar-refractivity contribution < 1.29 is 4.79 Å². The van der Waals surface area contributed by atoms with Crippen molar-refractivity contribution in [3.05, 3.63) is 30.1 Å². The highest BCUT2D eigenvalue weighted by molar-refractivity contribution is 5.77. The van der Waals surface area contributed by atoms with Gasteiger partial charge in [-0.05, 0) is 6.92 Å². The molecule has 0 saturated carbocycles. The molecule has 0 aliphatic rings. The monoisotopic (exact) mass is 133 g/mol. The van der Waals surface area contributed by atoms with Crippen molar-refractivity contribution in [2.75, 3.05) is 0 Å². The van der Waals surface area contributed by atoms with Gasteiger partial charge < -0.3 is 0 Å². The molecule has 0 aliphatic carbocycles. The van der Waals surface area contributed by atoms with Crippen molar-refractivity contribution in [1.82, 2.24) is 4.98 Å². The molecule has 2 heteroatoms. The van der Waals surface area contributed by atoms with Gasteiger partial charge in [0, 0.05) is 12.5 Å². The van der Waals surface area contributed by atoms with Crippen LogP contribution in [0.1, 0.15) is 12.6 Å². The Morgan fingerprint density at radius 1 is 1.70 bits per heavy atom. The summed E-state index contributed by atoms with van der Waals surface area (Å²) < 4.78 is 0. The molecule has 0 fully saturated rings. The zero-order valence-electron chi connectivity index (χ0n) is 5.72. The number of Topliss-reactive ketones (excluding diaryl/α,β-unsaturated/α-hetero) is 1.